The molecule has 2 aliphatic heterocycles. The Hall–Kier alpha value is -2.77. The summed E-state index contributed by atoms with van der Waals surface area (Å²) in [4.78, 5) is 58.0. The summed E-state index contributed by atoms with van der Waals surface area (Å²) in [6.07, 6.45) is 13.8. The number of esters is 5. The van der Waals surface area contributed by atoms with Crippen molar-refractivity contribution in [2.24, 2.45) is 0 Å². The molecule has 2 aliphatic rings. The maximum Gasteiger partial charge on any atom is 0.342 e. The topological polar surface area (TPSA) is 113 Å². The van der Waals surface area contributed by atoms with Gasteiger partial charge < -0.3 is 14.2 Å². The molecule has 0 atom stereocenters. The third-order valence-corrected chi connectivity index (χ3v) is 6.36. The maximum absolute atomic E-state index is 11.9. The van der Waals surface area contributed by atoms with Crippen molar-refractivity contribution in [1.82, 2.24) is 0 Å². The number of carbonyl (C=O) groups excluding carboxylic acids is 5. The molecule has 0 aromatic carbocycles. The predicted molar refractivity (Wildman–Crippen MR) is 123 cm³/mol. The first-order valence-corrected chi connectivity index (χ1v) is 12.4. The van der Waals surface area contributed by atoms with Gasteiger partial charge in [0.25, 0.3) is 0 Å². The lowest BCUT2D eigenvalue weighted by molar-refractivity contribution is -0.159. The van der Waals surface area contributed by atoms with Gasteiger partial charge in [-0.15, -0.1) is 0 Å². The van der Waals surface area contributed by atoms with Crippen LogP contribution in [0.25, 0.3) is 0 Å². The minimum atomic E-state index is -0.722. The molecule has 0 radical (unpaired) electrons. The first-order valence-electron chi connectivity index (χ1n) is 12.4. The van der Waals surface area contributed by atoms with Gasteiger partial charge in [0.15, 0.2) is 0 Å². The van der Waals surface area contributed by atoms with E-state index in [9.17, 15) is 24.0 Å². The second-order valence-corrected chi connectivity index (χ2v) is 8.91. The number of methoxy groups -OCH3 is 1. The summed E-state index contributed by atoms with van der Waals surface area (Å²) in [6, 6.07) is 0. The molecule has 0 N–H and O–H groups in total. The largest absolute Gasteiger partial charge is 0.466 e. The van der Waals surface area contributed by atoms with Gasteiger partial charge in [-0.1, -0.05) is 64.2 Å². The molecule has 8 nitrogen and oxygen atoms in total. The molecule has 2 heterocycles. The van der Waals surface area contributed by atoms with Crippen molar-refractivity contribution in [3.63, 3.8) is 0 Å². The average Bonchev–Trinajstić information content (AvgIpc) is 3.05. The molecule has 0 unspecified atom stereocenters. The fourth-order valence-corrected chi connectivity index (χ4v) is 4.31. The molecule has 0 saturated heterocycles. The zero-order chi connectivity index (χ0) is 24.9. The van der Waals surface area contributed by atoms with Crippen molar-refractivity contribution < 1.29 is 38.2 Å². The molecule has 0 bridgehead atoms. The average molecular weight is 477 g/mol. The van der Waals surface area contributed by atoms with E-state index < -0.39 is 29.8 Å². The van der Waals surface area contributed by atoms with E-state index in [4.69, 9.17) is 0 Å². The highest BCUT2D eigenvalue weighted by molar-refractivity contribution is 6.12. The van der Waals surface area contributed by atoms with E-state index in [1.54, 1.807) is 6.92 Å². The maximum atomic E-state index is 11.9. The van der Waals surface area contributed by atoms with Crippen LogP contribution in [0.4, 0.5) is 0 Å². The summed E-state index contributed by atoms with van der Waals surface area (Å²) in [7, 11) is 1.23. The zero-order valence-electron chi connectivity index (χ0n) is 20.4. The number of unbranched alkanes of at least 4 members (excludes halogenated alkanes) is 11. The van der Waals surface area contributed by atoms with Crippen molar-refractivity contribution >= 4 is 29.8 Å². The van der Waals surface area contributed by atoms with Crippen molar-refractivity contribution in [3.05, 3.63) is 22.3 Å². The van der Waals surface area contributed by atoms with Crippen LogP contribution in [-0.2, 0) is 38.2 Å². The van der Waals surface area contributed by atoms with Gasteiger partial charge in [0.1, 0.15) is 0 Å². The number of ether oxygens (including phenoxy) is 3. The molecule has 188 valence electrons. The molecule has 8 heteroatoms. The quantitative estimate of drug-likeness (QED) is 0.135. The minimum Gasteiger partial charge on any atom is -0.466 e. The lowest BCUT2D eigenvalue weighted by atomic mass is 9.97. The minimum absolute atomic E-state index is 0.132. The molecule has 0 saturated carbocycles. The lowest BCUT2D eigenvalue weighted by Crippen LogP contribution is -2.26. The van der Waals surface area contributed by atoms with Crippen molar-refractivity contribution in [1.29, 1.82) is 0 Å². The third kappa shape index (κ3) is 8.54. The van der Waals surface area contributed by atoms with Crippen molar-refractivity contribution in [2.75, 3.05) is 7.11 Å². The van der Waals surface area contributed by atoms with E-state index in [1.807, 2.05) is 0 Å². The van der Waals surface area contributed by atoms with E-state index in [0.717, 1.165) is 44.9 Å². The summed E-state index contributed by atoms with van der Waals surface area (Å²) in [6.45, 7) is 1.65. The Morgan fingerprint density at radius 2 is 1.12 bits per heavy atom. The smallest absolute Gasteiger partial charge is 0.342 e. The zero-order valence-corrected chi connectivity index (χ0v) is 20.4. The van der Waals surface area contributed by atoms with E-state index in [2.05, 4.69) is 14.2 Å². The highest BCUT2D eigenvalue weighted by atomic mass is 16.6. The van der Waals surface area contributed by atoms with Crippen LogP contribution < -0.4 is 0 Å². The van der Waals surface area contributed by atoms with Crippen LogP contribution in [0.2, 0.25) is 0 Å². The van der Waals surface area contributed by atoms with Gasteiger partial charge >= 0.3 is 29.8 Å². The molecule has 34 heavy (non-hydrogen) atoms. The van der Waals surface area contributed by atoms with Gasteiger partial charge in [-0.05, 0) is 32.6 Å². The van der Waals surface area contributed by atoms with Crippen LogP contribution in [0.5, 0.6) is 0 Å². The second-order valence-electron chi connectivity index (χ2n) is 8.91. The summed E-state index contributed by atoms with van der Waals surface area (Å²) >= 11 is 0. The number of hydrogen-bond donors (Lipinski definition) is 0. The Bertz CT molecular complexity index is 849. The van der Waals surface area contributed by atoms with E-state index in [-0.39, 0.29) is 17.6 Å². The molecule has 0 aromatic heterocycles. The van der Waals surface area contributed by atoms with Gasteiger partial charge in [0, 0.05) is 16.7 Å². The van der Waals surface area contributed by atoms with E-state index in [1.165, 1.54) is 39.2 Å². The summed E-state index contributed by atoms with van der Waals surface area (Å²) in [5, 5.41) is 0. The number of carbonyl (C=O) groups is 5. The van der Waals surface area contributed by atoms with Gasteiger partial charge in [-0.2, -0.15) is 0 Å². The fraction of sp³-hybridized carbons (Fsp3) is 0.654. The Kier molecular flexibility index (Phi) is 11.7. The molecule has 0 amide bonds. The Morgan fingerprint density at radius 1 is 0.676 bits per heavy atom. The van der Waals surface area contributed by atoms with Crippen LogP contribution in [0.3, 0.4) is 0 Å². The Morgan fingerprint density at radius 3 is 1.56 bits per heavy atom. The van der Waals surface area contributed by atoms with Crippen LogP contribution in [0.1, 0.15) is 103 Å². The number of cyclic esters (lactones) is 4. The van der Waals surface area contributed by atoms with Crippen LogP contribution in [-0.4, -0.2) is 37.0 Å². The van der Waals surface area contributed by atoms with E-state index in [0.29, 0.717) is 24.0 Å². The molecule has 0 spiro atoms. The summed E-state index contributed by atoms with van der Waals surface area (Å²) in [5.41, 5.74) is 1.41. The predicted octanol–water partition coefficient (Wildman–Crippen LogP) is 4.79. The molecule has 2 rings (SSSR count). The molecule has 0 fully saturated rings. The Balaban J connectivity index is 1.45. The standard InChI is InChI=1S/C26H36O8/c1-18-19(25(30)34-23(18)28)15-13-11-9-7-5-3-4-6-8-10-12-14-16-20-21(24(29)32-2)17-22(27)33-26(20)31/h3-17H2,1-2H3. The number of rotatable bonds is 16. The lowest BCUT2D eigenvalue weighted by Gasteiger charge is -2.16. The SMILES string of the molecule is COC(=O)C1=C(CCCCCCCCCCCCCCC2=C(C)C(=O)OC2=O)C(=O)OC(=O)C1. The first-order chi connectivity index (χ1) is 16.3. The first kappa shape index (κ1) is 27.5. The highest BCUT2D eigenvalue weighted by Gasteiger charge is 2.31. The summed E-state index contributed by atoms with van der Waals surface area (Å²) in [5.74, 6) is -3.05. The second kappa shape index (κ2) is 14.5. The Labute approximate surface area is 201 Å². The molecule has 0 aromatic rings. The van der Waals surface area contributed by atoms with Crippen molar-refractivity contribution in [2.45, 2.75) is 103 Å². The van der Waals surface area contributed by atoms with Crippen LogP contribution in [0.15, 0.2) is 22.3 Å². The summed E-state index contributed by atoms with van der Waals surface area (Å²) < 4.78 is 13.9. The van der Waals surface area contributed by atoms with Gasteiger partial charge in [0.2, 0.25) is 0 Å². The normalized spacial score (nSPS) is 16.3. The molecular formula is C26H36O8. The van der Waals surface area contributed by atoms with Gasteiger partial charge in [-0.3, -0.25) is 4.79 Å². The van der Waals surface area contributed by atoms with E-state index >= 15 is 0 Å². The fourth-order valence-electron chi connectivity index (χ4n) is 4.31. The number of hydrogen-bond acceptors (Lipinski definition) is 8. The highest BCUT2D eigenvalue weighted by Crippen LogP contribution is 2.25. The van der Waals surface area contributed by atoms with Crippen LogP contribution >= 0.6 is 0 Å². The molecular weight excluding hydrogens is 440 g/mol. The van der Waals surface area contributed by atoms with Crippen molar-refractivity contribution in [3.8, 4) is 0 Å². The molecule has 0 aliphatic carbocycles. The van der Waals surface area contributed by atoms with Gasteiger partial charge in [0.05, 0.1) is 19.1 Å². The third-order valence-electron chi connectivity index (χ3n) is 6.36. The monoisotopic (exact) mass is 476 g/mol. The van der Waals surface area contributed by atoms with Gasteiger partial charge in [-0.25, -0.2) is 19.2 Å². The van der Waals surface area contributed by atoms with Crippen LogP contribution in [0, 0.1) is 0 Å².